The zero-order chi connectivity index (χ0) is 21.9. The second-order valence-corrected chi connectivity index (χ2v) is 5.55. The van der Waals surface area contributed by atoms with Gasteiger partial charge in [0.1, 0.15) is 5.69 Å². The zero-order valence-electron chi connectivity index (χ0n) is 15.8. The maximum absolute atomic E-state index is 12.4. The van der Waals surface area contributed by atoms with Gasteiger partial charge in [-0.15, -0.1) is 10.2 Å². The minimum Gasteiger partial charge on any atom is -0.500 e. The Morgan fingerprint density at radius 1 is 1.03 bits per heavy atom. The third-order valence-corrected chi connectivity index (χ3v) is 3.48. The molecule has 2 rings (SSSR count). The van der Waals surface area contributed by atoms with Gasteiger partial charge in [-0.1, -0.05) is 42.5 Å². The lowest BCUT2D eigenvalue weighted by Gasteiger charge is -2.05. The van der Waals surface area contributed by atoms with Crippen LogP contribution in [0.15, 0.2) is 81.4 Å². The maximum atomic E-state index is 12.4. The quantitative estimate of drug-likeness (QED) is 0.152. The first-order valence-electron chi connectivity index (χ1n) is 8.67. The Hall–Kier alpha value is -4.34. The van der Waals surface area contributed by atoms with E-state index >= 15 is 0 Å². The number of esters is 1. The van der Waals surface area contributed by atoms with Gasteiger partial charge in [-0.05, 0) is 24.6 Å². The van der Waals surface area contributed by atoms with Crippen LogP contribution in [-0.4, -0.2) is 40.9 Å². The molecule has 1 amide bonds. The molecular formula is C20H18N4O6. The fraction of sp³-hybridized carbons (Fsp3) is 0.100. The number of hydrazone groups is 1. The van der Waals surface area contributed by atoms with Gasteiger partial charge in [0.2, 0.25) is 11.5 Å². The third kappa shape index (κ3) is 6.09. The van der Waals surface area contributed by atoms with Gasteiger partial charge in [0.05, 0.1) is 18.4 Å². The van der Waals surface area contributed by atoms with E-state index < -0.39 is 29.3 Å². The molecule has 0 fully saturated rings. The highest BCUT2D eigenvalue weighted by Crippen LogP contribution is 2.20. The lowest BCUT2D eigenvalue weighted by Crippen LogP contribution is -2.22. The number of nitrogens with one attached hydrogen (secondary N) is 1. The average Bonchev–Trinajstić information content (AvgIpc) is 2.74. The predicted molar refractivity (Wildman–Crippen MR) is 106 cm³/mol. The summed E-state index contributed by atoms with van der Waals surface area (Å²) >= 11 is 0. The number of hydrogen-bond donors (Lipinski definition) is 3. The molecule has 0 atom stereocenters. The minimum absolute atomic E-state index is 0.0526. The van der Waals surface area contributed by atoms with Gasteiger partial charge >= 0.3 is 11.9 Å². The first-order valence-corrected chi connectivity index (χ1v) is 8.67. The van der Waals surface area contributed by atoms with Crippen LogP contribution in [0, 0.1) is 0 Å². The Morgan fingerprint density at radius 2 is 1.70 bits per heavy atom. The zero-order valence-corrected chi connectivity index (χ0v) is 15.8. The third-order valence-electron chi connectivity index (χ3n) is 3.48. The number of carboxylic acids is 1. The van der Waals surface area contributed by atoms with Gasteiger partial charge < -0.3 is 14.9 Å². The fourth-order valence-electron chi connectivity index (χ4n) is 2.10. The van der Waals surface area contributed by atoms with Gasteiger partial charge in [-0.2, -0.15) is 5.10 Å². The van der Waals surface area contributed by atoms with E-state index in [0.29, 0.717) is 5.56 Å². The molecule has 0 bridgehead atoms. The summed E-state index contributed by atoms with van der Waals surface area (Å²) in [6, 6.07) is 14.5. The molecule has 0 aromatic heterocycles. The number of carbonyl (C=O) groups excluding carboxylic acids is 2. The van der Waals surface area contributed by atoms with Gasteiger partial charge in [-0.25, -0.2) is 15.0 Å². The molecule has 0 saturated heterocycles. The van der Waals surface area contributed by atoms with Crippen molar-refractivity contribution in [1.82, 2.24) is 5.43 Å². The predicted octanol–water partition coefficient (Wildman–Crippen LogP) is 2.95. The molecule has 2 aromatic carbocycles. The second-order valence-electron chi connectivity index (χ2n) is 5.55. The highest BCUT2D eigenvalue weighted by atomic mass is 16.5. The number of carboxylic acid groups (broad SMARTS) is 1. The van der Waals surface area contributed by atoms with E-state index in [4.69, 9.17) is 0 Å². The van der Waals surface area contributed by atoms with Crippen LogP contribution in [0.1, 0.15) is 22.8 Å². The van der Waals surface area contributed by atoms with E-state index in [1.807, 2.05) is 6.07 Å². The summed E-state index contributed by atoms with van der Waals surface area (Å²) in [5, 5.41) is 30.3. The molecule has 0 radical (unpaired) electrons. The molecule has 2 aromatic rings. The molecule has 30 heavy (non-hydrogen) atoms. The summed E-state index contributed by atoms with van der Waals surface area (Å²) in [7, 11) is 0. The molecule has 0 spiro atoms. The standard InChI is InChI=1S/C20H18N4O6/c1-2-30-20(29)17(25)16(18(26)24-21-12-13-8-4-3-5-9-13)23-22-15-11-7-6-10-14(15)19(27)28/h3-12,25H,2H2,1H3,(H,24,26)(H,27,28)/b17-16+,21-12+,23-22?. The summed E-state index contributed by atoms with van der Waals surface area (Å²) < 4.78 is 4.66. The van der Waals surface area contributed by atoms with Crippen LogP contribution in [-0.2, 0) is 14.3 Å². The Labute approximate surface area is 171 Å². The summed E-state index contributed by atoms with van der Waals surface area (Å²) in [6.07, 6.45) is 1.34. The Bertz CT molecular complexity index is 1010. The van der Waals surface area contributed by atoms with E-state index in [-0.39, 0.29) is 17.9 Å². The van der Waals surface area contributed by atoms with Crippen LogP contribution in [0.2, 0.25) is 0 Å². The topological polar surface area (TPSA) is 150 Å². The van der Waals surface area contributed by atoms with E-state index in [9.17, 15) is 24.6 Å². The van der Waals surface area contributed by atoms with Gasteiger partial charge in [0.15, 0.2) is 0 Å². The minimum atomic E-state index is -1.26. The molecule has 0 aliphatic rings. The number of ether oxygens (including phenoxy) is 1. The smallest absolute Gasteiger partial charge is 0.376 e. The van der Waals surface area contributed by atoms with E-state index in [2.05, 4.69) is 25.5 Å². The molecule has 0 unspecified atom stereocenters. The number of rotatable bonds is 8. The largest absolute Gasteiger partial charge is 0.500 e. The molecule has 0 heterocycles. The van der Waals surface area contributed by atoms with E-state index in [1.165, 1.54) is 37.4 Å². The Morgan fingerprint density at radius 3 is 2.37 bits per heavy atom. The lowest BCUT2D eigenvalue weighted by atomic mass is 10.2. The normalized spacial score (nSPS) is 11.9. The van der Waals surface area contributed by atoms with Gasteiger partial charge in [0, 0.05) is 0 Å². The average molecular weight is 410 g/mol. The van der Waals surface area contributed by atoms with Crippen molar-refractivity contribution >= 4 is 29.7 Å². The van der Waals surface area contributed by atoms with Crippen molar-refractivity contribution in [3.8, 4) is 0 Å². The number of aliphatic hydroxyl groups is 1. The molecule has 0 aliphatic carbocycles. The monoisotopic (exact) mass is 410 g/mol. The lowest BCUT2D eigenvalue weighted by molar-refractivity contribution is -0.142. The highest BCUT2D eigenvalue weighted by Gasteiger charge is 2.22. The van der Waals surface area contributed by atoms with Crippen LogP contribution in [0.25, 0.3) is 0 Å². The number of hydrogen-bond acceptors (Lipinski definition) is 8. The van der Waals surface area contributed by atoms with Crippen LogP contribution in [0.5, 0.6) is 0 Å². The van der Waals surface area contributed by atoms with Crippen molar-refractivity contribution in [2.24, 2.45) is 15.3 Å². The van der Waals surface area contributed by atoms with Crippen LogP contribution in [0.3, 0.4) is 0 Å². The summed E-state index contributed by atoms with van der Waals surface area (Å²) in [5.74, 6) is -4.60. The van der Waals surface area contributed by atoms with Crippen LogP contribution >= 0.6 is 0 Å². The Kier molecular flexibility index (Phi) is 7.94. The fourth-order valence-corrected chi connectivity index (χ4v) is 2.10. The van der Waals surface area contributed by atoms with E-state index in [0.717, 1.165) is 0 Å². The maximum Gasteiger partial charge on any atom is 0.376 e. The first kappa shape index (κ1) is 22.0. The van der Waals surface area contributed by atoms with Crippen molar-refractivity contribution in [1.29, 1.82) is 0 Å². The van der Waals surface area contributed by atoms with Crippen molar-refractivity contribution < 1.29 is 29.3 Å². The number of aromatic carboxylic acids is 1. The molecule has 3 N–H and O–H groups in total. The summed E-state index contributed by atoms with van der Waals surface area (Å²) in [5.41, 5.74) is 1.75. The first-order chi connectivity index (χ1) is 14.4. The molecular weight excluding hydrogens is 392 g/mol. The number of azo groups is 1. The van der Waals surface area contributed by atoms with Gasteiger partial charge in [-0.3, -0.25) is 4.79 Å². The molecule has 0 aliphatic heterocycles. The van der Waals surface area contributed by atoms with Gasteiger partial charge in [0.25, 0.3) is 5.91 Å². The van der Waals surface area contributed by atoms with Crippen LogP contribution < -0.4 is 5.43 Å². The molecule has 10 heteroatoms. The summed E-state index contributed by atoms with van der Waals surface area (Å²) in [4.78, 5) is 35.5. The van der Waals surface area contributed by atoms with Crippen molar-refractivity contribution in [3.05, 3.63) is 77.2 Å². The second kappa shape index (κ2) is 10.9. The molecule has 154 valence electrons. The number of carbonyl (C=O) groups is 3. The number of aliphatic hydroxyl groups excluding tert-OH is 1. The number of benzene rings is 2. The van der Waals surface area contributed by atoms with Crippen molar-refractivity contribution in [2.75, 3.05) is 6.61 Å². The van der Waals surface area contributed by atoms with Crippen LogP contribution in [0.4, 0.5) is 5.69 Å². The number of amides is 1. The Balaban J connectivity index is 2.32. The molecule has 0 saturated carbocycles. The van der Waals surface area contributed by atoms with E-state index in [1.54, 1.807) is 24.3 Å². The number of nitrogens with zero attached hydrogens (tertiary/aromatic N) is 3. The van der Waals surface area contributed by atoms with Crippen molar-refractivity contribution in [3.63, 3.8) is 0 Å². The highest BCUT2D eigenvalue weighted by molar-refractivity contribution is 6.01. The SMILES string of the molecule is CCOC(=O)/C(O)=C(\N=Nc1ccccc1C(=O)O)C(=O)N/N=C/c1ccccc1. The summed E-state index contributed by atoms with van der Waals surface area (Å²) in [6.45, 7) is 1.46. The molecule has 10 nitrogen and oxygen atoms in total. The van der Waals surface area contributed by atoms with Crippen molar-refractivity contribution in [2.45, 2.75) is 6.92 Å².